The monoisotopic (exact) mass is 194 g/mol. The molecule has 0 aliphatic heterocycles. The number of carbonyl (C=O) groups is 1. The smallest absolute Gasteiger partial charge is 0.123 e. The summed E-state index contributed by atoms with van der Waals surface area (Å²) >= 11 is 0. The molecule has 1 unspecified atom stereocenters. The van der Waals surface area contributed by atoms with Crippen LogP contribution in [-0.2, 0) is 4.79 Å². The second kappa shape index (κ2) is 5.63. The first kappa shape index (κ1) is 11.0. The van der Waals surface area contributed by atoms with Gasteiger partial charge in [-0.3, -0.25) is 0 Å². The fourth-order valence-electron chi connectivity index (χ4n) is 1.78. The average molecular weight is 194 g/mol. The van der Waals surface area contributed by atoms with Crippen LogP contribution in [0.2, 0.25) is 0 Å². The Balaban J connectivity index is 2.23. The van der Waals surface area contributed by atoms with Gasteiger partial charge in [0.05, 0.1) is 5.76 Å². The molecule has 0 aromatic rings. The fraction of sp³-hybridized carbons (Fsp3) is 0.583. The average Bonchev–Trinajstić information content (AvgIpc) is 2.18. The highest BCUT2D eigenvalue weighted by molar-refractivity contribution is 5.54. The molecular weight excluding hydrogens is 176 g/mol. The maximum Gasteiger partial charge on any atom is 0.123 e. The lowest BCUT2D eigenvalue weighted by Crippen LogP contribution is -2.06. The third kappa shape index (κ3) is 3.77. The first-order chi connectivity index (χ1) is 6.72. The van der Waals surface area contributed by atoms with Crippen LogP contribution in [0, 0.1) is 5.92 Å². The van der Waals surface area contributed by atoms with E-state index >= 15 is 0 Å². The predicted octanol–water partition coefficient (Wildman–Crippen LogP) is 3.15. The van der Waals surface area contributed by atoms with E-state index in [1.54, 1.807) is 0 Å². The molecule has 0 aromatic heterocycles. The number of hydrogen-bond donors (Lipinski definition) is 1. The molecule has 1 rings (SSSR count). The molecule has 1 aliphatic carbocycles. The zero-order valence-corrected chi connectivity index (χ0v) is 8.54. The summed E-state index contributed by atoms with van der Waals surface area (Å²) in [6.07, 6.45) is 8.87. The largest absolute Gasteiger partial charge is 0.513 e. The van der Waals surface area contributed by atoms with Crippen molar-refractivity contribution >= 4 is 6.29 Å². The van der Waals surface area contributed by atoms with E-state index in [-0.39, 0.29) is 11.7 Å². The van der Waals surface area contributed by atoms with Crippen LogP contribution in [0.25, 0.3) is 0 Å². The van der Waals surface area contributed by atoms with Crippen LogP contribution in [0.3, 0.4) is 0 Å². The lowest BCUT2D eigenvalue weighted by molar-refractivity contribution is -0.111. The normalized spacial score (nSPS) is 21.4. The van der Waals surface area contributed by atoms with E-state index in [2.05, 4.69) is 12.7 Å². The third-order valence-corrected chi connectivity index (χ3v) is 2.70. The van der Waals surface area contributed by atoms with Gasteiger partial charge in [-0.15, -0.1) is 0 Å². The molecule has 78 valence electrons. The van der Waals surface area contributed by atoms with Crippen molar-refractivity contribution in [2.75, 3.05) is 0 Å². The van der Waals surface area contributed by atoms with Gasteiger partial charge in [-0.05, 0) is 32.1 Å². The highest BCUT2D eigenvalue weighted by atomic mass is 16.3. The molecule has 0 spiro atoms. The van der Waals surface area contributed by atoms with Gasteiger partial charge in [0.25, 0.3) is 0 Å². The number of aliphatic hydroxyl groups excluding tert-OH is 1. The maximum absolute atomic E-state index is 10.5. The van der Waals surface area contributed by atoms with Crippen LogP contribution in [0.1, 0.15) is 38.5 Å². The molecule has 1 aliphatic rings. The Morgan fingerprint density at radius 2 is 2.50 bits per heavy atom. The van der Waals surface area contributed by atoms with Crippen molar-refractivity contribution < 1.29 is 9.90 Å². The minimum Gasteiger partial charge on any atom is -0.513 e. The summed E-state index contributed by atoms with van der Waals surface area (Å²) in [6, 6.07) is 0. The van der Waals surface area contributed by atoms with Crippen LogP contribution >= 0.6 is 0 Å². The van der Waals surface area contributed by atoms with Gasteiger partial charge in [0.15, 0.2) is 0 Å². The highest BCUT2D eigenvalue weighted by Crippen LogP contribution is 2.25. The van der Waals surface area contributed by atoms with Gasteiger partial charge < -0.3 is 9.90 Å². The molecule has 1 atom stereocenters. The van der Waals surface area contributed by atoms with Crippen molar-refractivity contribution in [3.05, 3.63) is 24.0 Å². The predicted molar refractivity (Wildman–Crippen MR) is 57.1 cm³/mol. The molecule has 0 bridgehead atoms. The number of hydrogen-bond acceptors (Lipinski definition) is 2. The van der Waals surface area contributed by atoms with Gasteiger partial charge in [0.2, 0.25) is 0 Å². The quantitative estimate of drug-likeness (QED) is 0.414. The summed E-state index contributed by atoms with van der Waals surface area (Å²) in [4.78, 5) is 10.5. The van der Waals surface area contributed by atoms with Crippen molar-refractivity contribution in [2.24, 2.45) is 5.92 Å². The van der Waals surface area contributed by atoms with Crippen LogP contribution in [0.4, 0.5) is 0 Å². The van der Waals surface area contributed by atoms with Crippen molar-refractivity contribution in [1.29, 1.82) is 0 Å². The van der Waals surface area contributed by atoms with E-state index in [1.807, 2.05) is 0 Å². The Bertz CT molecular complexity index is 241. The summed E-state index contributed by atoms with van der Waals surface area (Å²) in [5.74, 6) is 0.513. The van der Waals surface area contributed by atoms with Crippen LogP contribution in [-0.4, -0.2) is 11.4 Å². The summed E-state index contributed by atoms with van der Waals surface area (Å²) in [5.41, 5.74) is 1.43. The Hall–Kier alpha value is -1.05. The zero-order valence-electron chi connectivity index (χ0n) is 8.54. The van der Waals surface area contributed by atoms with E-state index in [4.69, 9.17) is 5.11 Å². The van der Waals surface area contributed by atoms with Gasteiger partial charge in [0.1, 0.15) is 6.29 Å². The van der Waals surface area contributed by atoms with Gasteiger partial charge >= 0.3 is 0 Å². The molecule has 0 amide bonds. The van der Waals surface area contributed by atoms with Crippen molar-refractivity contribution in [2.45, 2.75) is 38.5 Å². The fourth-order valence-corrected chi connectivity index (χ4v) is 1.78. The lowest BCUT2D eigenvalue weighted by Gasteiger charge is -2.17. The Labute approximate surface area is 85.3 Å². The lowest BCUT2D eigenvalue weighted by atomic mass is 9.88. The molecule has 1 N–H and O–H groups in total. The Kier molecular flexibility index (Phi) is 4.44. The number of allylic oxidation sites excluding steroid dienone is 3. The number of rotatable bonds is 5. The number of aldehydes is 1. The summed E-state index contributed by atoms with van der Waals surface area (Å²) in [6.45, 7) is 3.45. The Morgan fingerprint density at radius 3 is 3.00 bits per heavy atom. The molecular formula is C12H18O2. The second-order valence-corrected chi connectivity index (χ2v) is 3.95. The molecule has 0 heterocycles. The standard InChI is InChI=1S/C12H18O2/c1-10(14)3-2-4-11-5-7-12(9-13)8-6-11/h5,9,12,14H,1-4,6-8H2. The molecule has 0 fully saturated rings. The molecule has 0 saturated heterocycles. The van der Waals surface area contributed by atoms with Gasteiger partial charge in [-0.1, -0.05) is 18.2 Å². The topological polar surface area (TPSA) is 37.3 Å². The minimum absolute atomic E-state index is 0.242. The first-order valence-electron chi connectivity index (χ1n) is 5.22. The molecule has 0 saturated carbocycles. The first-order valence-corrected chi connectivity index (χ1v) is 5.22. The van der Waals surface area contributed by atoms with Crippen molar-refractivity contribution in [3.63, 3.8) is 0 Å². The molecule has 0 radical (unpaired) electrons. The third-order valence-electron chi connectivity index (χ3n) is 2.70. The maximum atomic E-state index is 10.5. The van der Waals surface area contributed by atoms with E-state index in [0.717, 1.165) is 38.4 Å². The van der Waals surface area contributed by atoms with Crippen molar-refractivity contribution in [3.8, 4) is 0 Å². The van der Waals surface area contributed by atoms with E-state index in [0.29, 0.717) is 6.42 Å². The van der Waals surface area contributed by atoms with E-state index < -0.39 is 0 Å². The number of aliphatic hydroxyl groups is 1. The van der Waals surface area contributed by atoms with Crippen molar-refractivity contribution in [1.82, 2.24) is 0 Å². The molecule has 0 aromatic carbocycles. The number of carbonyl (C=O) groups excluding carboxylic acids is 1. The van der Waals surface area contributed by atoms with Gasteiger partial charge in [-0.25, -0.2) is 0 Å². The van der Waals surface area contributed by atoms with Crippen LogP contribution in [0.15, 0.2) is 24.0 Å². The van der Waals surface area contributed by atoms with E-state index in [1.165, 1.54) is 5.57 Å². The SMILES string of the molecule is C=C(O)CCCC1=CCC(C=O)CC1. The minimum atomic E-state index is 0.242. The molecule has 14 heavy (non-hydrogen) atoms. The van der Waals surface area contributed by atoms with Crippen LogP contribution < -0.4 is 0 Å². The van der Waals surface area contributed by atoms with E-state index in [9.17, 15) is 4.79 Å². The van der Waals surface area contributed by atoms with Crippen LogP contribution in [0.5, 0.6) is 0 Å². The summed E-state index contributed by atoms with van der Waals surface area (Å²) < 4.78 is 0. The van der Waals surface area contributed by atoms with Gasteiger partial charge in [0, 0.05) is 12.3 Å². The molecule has 2 heteroatoms. The Morgan fingerprint density at radius 1 is 1.71 bits per heavy atom. The summed E-state index contributed by atoms with van der Waals surface area (Å²) in [7, 11) is 0. The zero-order chi connectivity index (χ0) is 10.4. The van der Waals surface area contributed by atoms with Gasteiger partial charge in [-0.2, -0.15) is 0 Å². The summed E-state index contributed by atoms with van der Waals surface area (Å²) in [5, 5.41) is 8.90. The molecule has 2 nitrogen and oxygen atoms in total. The highest BCUT2D eigenvalue weighted by Gasteiger charge is 2.12. The second-order valence-electron chi connectivity index (χ2n) is 3.95.